The molecule has 138 valence electrons. The summed E-state index contributed by atoms with van der Waals surface area (Å²) >= 11 is 0. The van der Waals surface area contributed by atoms with Gasteiger partial charge in [0.1, 0.15) is 5.54 Å². The van der Waals surface area contributed by atoms with Crippen LogP contribution in [0.2, 0.25) is 0 Å². The van der Waals surface area contributed by atoms with Crippen LogP contribution in [0, 0.1) is 0 Å². The lowest BCUT2D eigenvalue weighted by Gasteiger charge is -2.31. The first-order valence-electron chi connectivity index (χ1n) is 8.66. The van der Waals surface area contributed by atoms with E-state index < -0.39 is 5.54 Å². The van der Waals surface area contributed by atoms with E-state index in [-0.39, 0.29) is 24.2 Å². The molecule has 1 aliphatic heterocycles. The van der Waals surface area contributed by atoms with Crippen LogP contribution in [0.3, 0.4) is 0 Å². The minimum atomic E-state index is -0.878. The molecule has 0 bridgehead atoms. The molecular weight excluding hydrogens is 342 g/mol. The molecule has 2 aliphatic rings. The lowest BCUT2D eigenvalue weighted by molar-refractivity contribution is -0.124. The smallest absolute Gasteiger partial charge is 0.251 e. The van der Waals surface area contributed by atoms with Crippen LogP contribution >= 0.6 is 12.4 Å². The highest BCUT2D eigenvalue weighted by Gasteiger charge is 2.35. The Morgan fingerprint density at radius 2 is 1.68 bits per heavy atom. The van der Waals surface area contributed by atoms with Crippen LogP contribution in [0.25, 0.3) is 0 Å². The number of nitrogens with two attached hydrogens (primary N) is 1. The highest BCUT2D eigenvalue weighted by Crippen LogP contribution is 2.21. The summed E-state index contributed by atoms with van der Waals surface area (Å²) in [4.78, 5) is 24.6. The molecule has 0 unspecified atom stereocenters. The Morgan fingerprint density at radius 1 is 1.08 bits per heavy atom. The van der Waals surface area contributed by atoms with E-state index >= 15 is 0 Å². The van der Waals surface area contributed by atoms with Gasteiger partial charge in [-0.15, -0.1) is 12.4 Å². The van der Waals surface area contributed by atoms with Crippen molar-refractivity contribution in [1.82, 2.24) is 5.32 Å². The van der Waals surface area contributed by atoms with Gasteiger partial charge in [0.2, 0.25) is 5.91 Å². The standard InChI is InChI=1S/C18H25N3O3.ClH/c19-18(9-11-24-12-10-18)17(23)21-15-7-5-13(6-8-15)16(22)20-14-3-1-2-4-14;/h5-8,14H,1-4,9-12,19H2,(H,20,22)(H,21,23);1H. The third-order valence-electron chi connectivity index (χ3n) is 4.93. The number of halogens is 1. The lowest BCUT2D eigenvalue weighted by atomic mass is 9.90. The molecule has 7 heteroatoms. The predicted molar refractivity (Wildman–Crippen MR) is 99.0 cm³/mol. The average molecular weight is 368 g/mol. The van der Waals surface area contributed by atoms with Crippen molar-refractivity contribution in [2.24, 2.45) is 5.73 Å². The minimum Gasteiger partial charge on any atom is -0.381 e. The predicted octanol–water partition coefficient (Wildman–Crippen LogP) is 2.23. The van der Waals surface area contributed by atoms with Crippen LogP contribution in [0.15, 0.2) is 24.3 Å². The van der Waals surface area contributed by atoms with E-state index in [1.54, 1.807) is 24.3 Å². The maximum Gasteiger partial charge on any atom is 0.251 e. The zero-order valence-corrected chi connectivity index (χ0v) is 15.1. The molecule has 6 nitrogen and oxygen atoms in total. The Bertz CT molecular complexity index is 594. The van der Waals surface area contributed by atoms with Gasteiger partial charge in [-0.3, -0.25) is 9.59 Å². The van der Waals surface area contributed by atoms with Gasteiger partial charge in [-0.05, 0) is 49.9 Å². The SMILES string of the molecule is Cl.NC1(C(=O)Nc2ccc(C(=O)NC3CCCC3)cc2)CCOCC1. The molecule has 2 amide bonds. The van der Waals surface area contributed by atoms with E-state index in [1.165, 1.54) is 12.8 Å². The molecule has 0 radical (unpaired) electrons. The second-order valence-corrected chi connectivity index (χ2v) is 6.75. The maximum absolute atomic E-state index is 12.4. The Labute approximate surface area is 154 Å². The molecular formula is C18H26ClN3O3. The molecule has 1 heterocycles. The minimum absolute atomic E-state index is 0. The van der Waals surface area contributed by atoms with Gasteiger partial charge in [0.25, 0.3) is 5.91 Å². The molecule has 3 rings (SSSR count). The molecule has 0 atom stereocenters. The van der Waals surface area contributed by atoms with Crippen molar-refractivity contribution >= 4 is 29.9 Å². The quantitative estimate of drug-likeness (QED) is 0.760. The number of nitrogens with one attached hydrogen (secondary N) is 2. The largest absolute Gasteiger partial charge is 0.381 e. The molecule has 2 fully saturated rings. The molecule has 25 heavy (non-hydrogen) atoms. The summed E-state index contributed by atoms with van der Waals surface area (Å²) < 4.78 is 5.26. The summed E-state index contributed by atoms with van der Waals surface area (Å²) in [5.74, 6) is -0.256. The molecule has 1 aromatic carbocycles. The number of benzene rings is 1. The molecule has 1 saturated carbocycles. The van der Waals surface area contributed by atoms with Gasteiger partial charge in [-0.2, -0.15) is 0 Å². The van der Waals surface area contributed by atoms with Crippen molar-refractivity contribution in [2.45, 2.75) is 50.1 Å². The van der Waals surface area contributed by atoms with Crippen LogP contribution in [-0.2, 0) is 9.53 Å². The number of ether oxygens (including phenoxy) is 1. The highest BCUT2D eigenvalue weighted by molar-refractivity contribution is 5.99. The summed E-state index contributed by atoms with van der Waals surface area (Å²) in [6.45, 7) is 1.01. The molecule has 0 spiro atoms. The Kier molecular flexibility index (Phi) is 6.81. The number of amides is 2. The van der Waals surface area contributed by atoms with Gasteiger partial charge in [-0.1, -0.05) is 12.8 Å². The zero-order chi connectivity index (χ0) is 17.0. The summed E-state index contributed by atoms with van der Waals surface area (Å²) in [6, 6.07) is 7.23. The number of hydrogen-bond acceptors (Lipinski definition) is 4. The van der Waals surface area contributed by atoms with E-state index in [9.17, 15) is 9.59 Å². The van der Waals surface area contributed by atoms with Gasteiger partial charge in [0.15, 0.2) is 0 Å². The summed E-state index contributed by atoms with van der Waals surface area (Å²) in [7, 11) is 0. The van der Waals surface area contributed by atoms with Crippen LogP contribution < -0.4 is 16.4 Å². The first kappa shape index (κ1) is 19.7. The first-order chi connectivity index (χ1) is 11.6. The van der Waals surface area contributed by atoms with Gasteiger partial charge >= 0.3 is 0 Å². The number of carbonyl (C=O) groups excluding carboxylic acids is 2. The van der Waals surface area contributed by atoms with Gasteiger partial charge < -0.3 is 21.1 Å². The number of rotatable bonds is 4. The van der Waals surface area contributed by atoms with E-state index in [4.69, 9.17) is 10.5 Å². The van der Waals surface area contributed by atoms with E-state index in [0.29, 0.717) is 43.3 Å². The van der Waals surface area contributed by atoms with Gasteiger partial charge in [0, 0.05) is 30.5 Å². The number of hydrogen-bond donors (Lipinski definition) is 3. The fraction of sp³-hybridized carbons (Fsp3) is 0.556. The van der Waals surface area contributed by atoms with Gasteiger partial charge in [-0.25, -0.2) is 0 Å². The van der Waals surface area contributed by atoms with Crippen molar-refractivity contribution in [2.75, 3.05) is 18.5 Å². The highest BCUT2D eigenvalue weighted by atomic mass is 35.5. The average Bonchev–Trinajstić information content (AvgIpc) is 3.09. The topological polar surface area (TPSA) is 93.5 Å². The maximum atomic E-state index is 12.4. The molecule has 1 saturated heterocycles. The molecule has 0 aromatic heterocycles. The van der Waals surface area contributed by atoms with Crippen LogP contribution in [-0.4, -0.2) is 36.6 Å². The molecule has 4 N–H and O–H groups in total. The number of anilines is 1. The van der Waals surface area contributed by atoms with E-state index in [2.05, 4.69) is 10.6 Å². The zero-order valence-electron chi connectivity index (χ0n) is 14.3. The van der Waals surface area contributed by atoms with Crippen LogP contribution in [0.1, 0.15) is 48.9 Å². The summed E-state index contributed by atoms with van der Waals surface area (Å²) in [5, 5.41) is 5.89. The Morgan fingerprint density at radius 3 is 2.28 bits per heavy atom. The molecule has 1 aliphatic carbocycles. The van der Waals surface area contributed by atoms with Gasteiger partial charge in [0.05, 0.1) is 0 Å². The first-order valence-corrected chi connectivity index (χ1v) is 8.66. The van der Waals surface area contributed by atoms with Crippen LogP contribution in [0.5, 0.6) is 0 Å². The normalized spacial score (nSPS) is 19.7. The van der Waals surface area contributed by atoms with Crippen molar-refractivity contribution in [3.63, 3.8) is 0 Å². The summed E-state index contributed by atoms with van der Waals surface area (Å²) in [5.41, 5.74) is 6.54. The second kappa shape index (κ2) is 8.65. The Hall–Kier alpha value is -1.63. The van der Waals surface area contributed by atoms with Crippen molar-refractivity contribution in [3.05, 3.63) is 29.8 Å². The van der Waals surface area contributed by atoms with Crippen molar-refractivity contribution in [3.8, 4) is 0 Å². The third kappa shape index (κ3) is 4.93. The monoisotopic (exact) mass is 367 g/mol. The van der Waals surface area contributed by atoms with Crippen molar-refractivity contribution < 1.29 is 14.3 Å². The fourth-order valence-electron chi connectivity index (χ4n) is 3.26. The Balaban J connectivity index is 0.00000225. The second-order valence-electron chi connectivity index (χ2n) is 6.75. The fourth-order valence-corrected chi connectivity index (χ4v) is 3.26. The summed E-state index contributed by atoms with van der Waals surface area (Å²) in [6.07, 6.45) is 5.51. The number of carbonyl (C=O) groups is 2. The van der Waals surface area contributed by atoms with E-state index in [1.807, 2.05) is 0 Å². The molecule has 1 aromatic rings. The van der Waals surface area contributed by atoms with E-state index in [0.717, 1.165) is 12.8 Å². The lowest BCUT2D eigenvalue weighted by Crippen LogP contribution is -2.54. The third-order valence-corrected chi connectivity index (χ3v) is 4.93. The van der Waals surface area contributed by atoms with Crippen LogP contribution in [0.4, 0.5) is 5.69 Å². The van der Waals surface area contributed by atoms with Crippen molar-refractivity contribution in [1.29, 1.82) is 0 Å².